The summed E-state index contributed by atoms with van der Waals surface area (Å²) < 4.78 is 33.8. The fourth-order valence-corrected chi connectivity index (χ4v) is 4.35. The number of para-hydroxylation sites is 2. The zero-order chi connectivity index (χ0) is 23.3. The summed E-state index contributed by atoms with van der Waals surface area (Å²) in [6.07, 6.45) is 0. The van der Waals surface area contributed by atoms with Crippen LogP contribution in [0.1, 0.15) is 22.8 Å². The molecule has 0 saturated heterocycles. The zero-order valence-electron chi connectivity index (χ0n) is 17.8. The maximum absolute atomic E-state index is 13.0. The van der Waals surface area contributed by atoms with Gasteiger partial charge in [-0.2, -0.15) is 0 Å². The van der Waals surface area contributed by atoms with E-state index in [1.165, 1.54) is 20.1 Å². The molecule has 0 radical (unpaired) electrons. The monoisotopic (exact) mass is 453 g/mol. The first-order valence-electron chi connectivity index (χ1n) is 9.65. The van der Waals surface area contributed by atoms with Crippen molar-refractivity contribution in [3.63, 3.8) is 0 Å². The van der Waals surface area contributed by atoms with Gasteiger partial charge in [-0.1, -0.05) is 18.2 Å². The Balaban J connectivity index is 1.82. The van der Waals surface area contributed by atoms with E-state index in [4.69, 9.17) is 4.74 Å². The predicted molar refractivity (Wildman–Crippen MR) is 124 cm³/mol. The van der Waals surface area contributed by atoms with Crippen molar-refractivity contribution in [3.05, 3.63) is 77.9 Å². The van der Waals surface area contributed by atoms with E-state index in [-0.39, 0.29) is 10.8 Å². The highest BCUT2D eigenvalue weighted by atomic mass is 32.2. The molecule has 0 unspecified atom stereocenters. The number of rotatable bonds is 7. The lowest BCUT2D eigenvalue weighted by molar-refractivity contribution is -0.114. The number of carbonyl (C=O) groups is 2. The first-order chi connectivity index (χ1) is 15.2. The molecule has 3 N–H and O–H groups in total. The van der Waals surface area contributed by atoms with Crippen LogP contribution in [-0.2, 0) is 14.8 Å². The molecule has 0 aliphatic heterocycles. The summed E-state index contributed by atoms with van der Waals surface area (Å²) in [5.41, 5.74) is 2.08. The van der Waals surface area contributed by atoms with Crippen molar-refractivity contribution in [3.8, 4) is 5.75 Å². The van der Waals surface area contributed by atoms with Crippen LogP contribution in [-0.4, -0.2) is 27.3 Å². The molecular weight excluding hydrogens is 430 g/mol. The van der Waals surface area contributed by atoms with Gasteiger partial charge in [0.25, 0.3) is 15.9 Å². The van der Waals surface area contributed by atoms with Crippen molar-refractivity contribution < 1.29 is 22.7 Å². The summed E-state index contributed by atoms with van der Waals surface area (Å²) in [4.78, 5) is 23.7. The van der Waals surface area contributed by atoms with Gasteiger partial charge in [0.05, 0.1) is 17.7 Å². The minimum Gasteiger partial charge on any atom is -0.495 e. The average molecular weight is 454 g/mol. The topological polar surface area (TPSA) is 114 Å². The van der Waals surface area contributed by atoms with Gasteiger partial charge in [0, 0.05) is 23.9 Å². The van der Waals surface area contributed by atoms with Crippen LogP contribution >= 0.6 is 0 Å². The predicted octanol–water partition coefficient (Wildman–Crippen LogP) is 4.02. The van der Waals surface area contributed by atoms with E-state index in [2.05, 4.69) is 15.4 Å². The number of nitrogens with one attached hydrogen (secondary N) is 3. The maximum Gasteiger partial charge on any atom is 0.262 e. The summed E-state index contributed by atoms with van der Waals surface area (Å²) in [6.45, 7) is 3.06. The van der Waals surface area contributed by atoms with Gasteiger partial charge in [-0.3, -0.25) is 14.3 Å². The van der Waals surface area contributed by atoms with E-state index in [0.29, 0.717) is 33.9 Å². The molecular formula is C23H23N3O5S. The molecule has 0 aliphatic rings. The number of methoxy groups -OCH3 is 1. The number of amides is 2. The van der Waals surface area contributed by atoms with Crippen molar-refractivity contribution in [2.75, 3.05) is 22.5 Å². The normalized spacial score (nSPS) is 10.8. The number of sulfonamides is 1. The van der Waals surface area contributed by atoms with Crippen LogP contribution in [0.2, 0.25) is 0 Å². The third kappa shape index (κ3) is 5.44. The van der Waals surface area contributed by atoms with Crippen LogP contribution in [0.4, 0.5) is 17.1 Å². The van der Waals surface area contributed by atoms with Gasteiger partial charge in [0.15, 0.2) is 0 Å². The van der Waals surface area contributed by atoms with Crippen molar-refractivity contribution >= 4 is 38.9 Å². The largest absolute Gasteiger partial charge is 0.495 e. The first kappa shape index (κ1) is 22.8. The van der Waals surface area contributed by atoms with Gasteiger partial charge < -0.3 is 15.4 Å². The fraction of sp³-hybridized carbons (Fsp3) is 0.130. The van der Waals surface area contributed by atoms with Crippen LogP contribution in [0, 0.1) is 6.92 Å². The molecule has 9 heteroatoms. The Labute approximate surface area is 186 Å². The van der Waals surface area contributed by atoms with Crippen LogP contribution in [0.5, 0.6) is 5.75 Å². The lowest BCUT2D eigenvalue weighted by Gasteiger charge is -2.14. The quantitative estimate of drug-likeness (QED) is 0.500. The van der Waals surface area contributed by atoms with Gasteiger partial charge in [-0.15, -0.1) is 0 Å². The molecule has 3 aromatic carbocycles. The molecule has 0 aliphatic carbocycles. The molecule has 0 bridgehead atoms. The van der Waals surface area contributed by atoms with Gasteiger partial charge >= 0.3 is 0 Å². The molecule has 0 heterocycles. The van der Waals surface area contributed by atoms with Crippen molar-refractivity contribution in [2.24, 2.45) is 0 Å². The first-order valence-corrected chi connectivity index (χ1v) is 11.1. The molecule has 2 amide bonds. The van der Waals surface area contributed by atoms with Crippen LogP contribution in [0.3, 0.4) is 0 Å². The maximum atomic E-state index is 13.0. The molecule has 166 valence electrons. The van der Waals surface area contributed by atoms with Gasteiger partial charge in [0.2, 0.25) is 5.91 Å². The summed E-state index contributed by atoms with van der Waals surface area (Å²) in [7, 11) is -2.48. The van der Waals surface area contributed by atoms with Crippen molar-refractivity contribution in [2.45, 2.75) is 18.7 Å². The smallest absolute Gasteiger partial charge is 0.262 e. The van der Waals surface area contributed by atoms with Crippen LogP contribution in [0.15, 0.2) is 71.6 Å². The molecule has 8 nitrogen and oxygen atoms in total. The lowest BCUT2D eigenvalue weighted by Crippen LogP contribution is -2.16. The second-order valence-electron chi connectivity index (χ2n) is 7.00. The number of anilines is 3. The summed E-state index contributed by atoms with van der Waals surface area (Å²) in [5.74, 6) is -0.234. The number of ether oxygens (including phenoxy) is 1. The Morgan fingerprint density at radius 2 is 1.53 bits per heavy atom. The number of hydrogen-bond donors (Lipinski definition) is 3. The van der Waals surface area contributed by atoms with E-state index in [9.17, 15) is 18.0 Å². The van der Waals surface area contributed by atoms with E-state index in [1.54, 1.807) is 67.6 Å². The SMILES string of the molecule is COc1ccccc1NS(=O)(=O)c1cc(NC(=O)c2ccc(NC(C)=O)cc2)ccc1C. The third-order valence-electron chi connectivity index (χ3n) is 4.55. The Morgan fingerprint density at radius 1 is 0.875 bits per heavy atom. The zero-order valence-corrected chi connectivity index (χ0v) is 18.6. The molecule has 0 spiro atoms. The highest BCUT2D eigenvalue weighted by Gasteiger charge is 2.20. The summed E-state index contributed by atoms with van der Waals surface area (Å²) in [5, 5.41) is 5.33. The Kier molecular flexibility index (Phi) is 6.79. The number of aryl methyl sites for hydroxylation is 1. The molecule has 0 fully saturated rings. The van der Waals surface area contributed by atoms with Gasteiger partial charge in [-0.25, -0.2) is 8.42 Å². The Hall–Kier alpha value is -3.85. The minimum absolute atomic E-state index is 0.0298. The van der Waals surface area contributed by atoms with Gasteiger partial charge in [0.1, 0.15) is 5.75 Å². The number of hydrogen-bond acceptors (Lipinski definition) is 5. The molecule has 0 atom stereocenters. The summed E-state index contributed by atoms with van der Waals surface area (Å²) in [6, 6.07) is 17.7. The third-order valence-corrected chi connectivity index (χ3v) is 6.06. The highest BCUT2D eigenvalue weighted by molar-refractivity contribution is 7.92. The van der Waals surface area contributed by atoms with Crippen LogP contribution in [0.25, 0.3) is 0 Å². The second kappa shape index (κ2) is 9.52. The van der Waals surface area contributed by atoms with Crippen molar-refractivity contribution in [1.29, 1.82) is 0 Å². The van der Waals surface area contributed by atoms with Gasteiger partial charge in [-0.05, 0) is 61.0 Å². The fourth-order valence-electron chi connectivity index (χ4n) is 3.01. The second-order valence-corrected chi connectivity index (χ2v) is 8.65. The number of benzene rings is 3. The molecule has 3 rings (SSSR count). The minimum atomic E-state index is -3.94. The molecule has 0 aromatic heterocycles. The molecule has 3 aromatic rings. The summed E-state index contributed by atoms with van der Waals surface area (Å²) >= 11 is 0. The van der Waals surface area contributed by atoms with E-state index >= 15 is 0 Å². The number of carbonyl (C=O) groups excluding carboxylic acids is 2. The van der Waals surface area contributed by atoms with E-state index in [1.807, 2.05) is 0 Å². The highest BCUT2D eigenvalue weighted by Crippen LogP contribution is 2.28. The van der Waals surface area contributed by atoms with E-state index < -0.39 is 15.9 Å². The van der Waals surface area contributed by atoms with E-state index in [0.717, 1.165) is 0 Å². The van der Waals surface area contributed by atoms with Crippen molar-refractivity contribution in [1.82, 2.24) is 0 Å². The standard InChI is InChI=1S/C23H23N3O5S/c1-15-8-11-19(25-23(28)17-9-12-18(13-10-17)24-16(2)27)14-22(15)32(29,30)26-20-6-4-5-7-21(20)31-3/h4-14,26H,1-3H3,(H,24,27)(H,25,28). The Bertz CT molecular complexity index is 1250. The average Bonchev–Trinajstić information content (AvgIpc) is 2.75. The molecule has 0 saturated carbocycles. The van der Waals surface area contributed by atoms with Crippen LogP contribution < -0.4 is 20.1 Å². The molecule has 32 heavy (non-hydrogen) atoms. The lowest BCUT2D eigenvalue weighted by atomic mass is 10.1. The Morgan fingerprint density at radius 3 is 2.19 bits per heavy atom.